The first-order chi connectivity index (χ1) is 9.20. The van der Waals surface area contributed by atoms with Crippen LogP contribution in [0.2, 0.25) is 0 Å². The number of nitrogens with one attached hydrogen (secondary N) is 1. The van der Waals surface area contributed by atoms with E-state index < -0.39 is 0 Å². The van der Waals surface area contributed by atoms with Crippen LogP contribution in [0, 0.1) is 0 Å². The molecule has 0 unspecified atom stereocenters. The Bertz CT molecular complexity index is 592. The highest BCUT2D eigenvalue weighted by atomic mass is 32.1. The first-order valence-corrected chi connectivity index (χ1v) is 6.69. The van der Waals surface area contributed by atoms with Gasteiger partial charge in [-0.3, -0.25) is 0 Å². The molecule has 2 aromatic rings. The predicted octanol–water partition coefficient (Wildman–Crippen LogP) is 3.33. The zero-order valence-corrected chi connectivity index (χ0v) is 11.9. The van der Waals surface area contributed by atoms with Gasteiger partial charge in [0.2, 0.25) is 0 Å². The molecule has 2 aromatic carbocycles. The number of rotatable bonds is 4. The number of fused-ring (bicyclic) bond motifs is 1. The van der Waals surface area contributed by atoms with E-state index in [2.05, 4.69) is 54.4 Å². The molecule has 0 saturated heterocycles. The van der Waals surface area contributed by atoms with Gasteiger partial charge in [0.05, 0.1) is 0 Å². The third kappa shape index (κ3) is 3.55. The lowest BCUT2D eigenvalue weighted by Crippen LogP contribution is -2.36. The number of hydrogen-bond acceptors (Lipinski definition) is 1. The standard InChI is InChI=1S/C16H18N2S/c1-3-10-17-16(19)18(2)12-13-8-9-14-6-4-5-7-15(14)11-13/h3-9,11H,1,10,12H2,2H3,(H,17,19). The molecule has 0 spiro atoms. The highest BCUT2D eigenvalue weighted by Gasteiger charge is 2.04. The molecule has 98 valence electrons. The van der Waals surface area contributed by atoms with Crippen molar-refractivity contribution in [3.05, 3.63) is 60.7 Å². The smallest absolute Gasteiger partial charge is 0.169 e. The van der Waals surface area contributed by atoms with Crippen molar-refractivity contribution in [3.8, 4) is 0 Å². The fourth-order valence-corrected chi connectivity index (χ4v) is 2.13. The van der Waals surface area contributed by atoms with E-state index in [-0.39, 0.29) is 0 Å². The molecule has 0 atom stereocenters. The lowest BCUT2D eigenvalue weighted by Gasteiger charge is -2.20. The van der Waals surface area contributed by atoms with Crippen molar-refractivity contribution < 1.29 is 0 Å². The van der Waals surface area contributed by atoms with Crippen LogP contribution in [0.4, 0.5) is 0 Å². The minimum Gasteiger partial charge on any atom is -0.359 e. The molecule has 0 aliphatic rings. The van der Waals surface area contributed by atoms with Crippen LogP contribution in [0.25, 0.3) is 10.8 Å². The Hall–Kier alpha value is -1.87. The molecule has 0 aliphatic carbocycles. The van der Waals surface area contributed by atoms with Crippen molar-refractivity contribution in [2.75, 3.05) is 13.6 Å². The first kappa shape index (κ1) is 13.6. The lowest BCUT2D eigenvalue weighted by atomic mass is 10.1. The third-order valence-corrected chi connectivity index (χ3v) is 3.43. The number of benzene rings is 2. The van der Waals surface area contributed by atoms with E-state index in [1.165, 1.54) is 16.3 Å². The lowest BCUT2D eigenvalue weighted by molar-refractivity contribution is 0.492. The van der Waals surface area contributed by atoms with Crippen molar-refractivity contribution >= 4 is 28.1 Å². The predicted molar refractivity (Wildman–Crippen MR) is 86.2 cm³/mol. The summed E-state index contributed by atoms with van der Waals surface area (Å²) in [5.74, 6) is 0. The fraction of sp³-hybridized carbons (Fsp3) is 0.188. The minimum atomic E-state index is 0.695. The van der Waals surface area contributed by atoms with Gasteiger partial charge in [-0.15, -0.1) is 6.58 Å². The summed E-state index contributed by atoms with van der Waals surface area (Å²) in [7, 11) is 1.99. The Morgan fingerprint density at radius 2 is 2.00 bits per heavy atom. The van der Waals surface area contributed by atoms with Crippen LogP contribution in [-0.4, -0.2) is 23.6 Å². The molecule has 2 nitrogen and oxygen atoms in total. The molecule has 0 heterocycles. The molecule has 19 heavy (non-hydrogen) atoms. The zero-order chi connectivity index (χ0) is 13.7. The van der Waals surface area contributed by atoms with Crippen LogP contribution in [0.5, 0.6) is 0 Å². The quantitative estimate of drug-likeness (QED) is 0.677. The van der Waals surface area contributed by atoms with Gasteiger partial charge < -0.3 is 10.2 Å². The average molecular weight is 270 g/mol. The summed E-state index contributed by atoms with van der Waals surface area (Å²) in [5.41, 5.74) is 1.25. The van der Waals surface area contributed by atoms with E-state index in [0.29, 0.717) is 6.54 Å². The van der Waals surface area contributed by atoms with Gasteiger partial charge in [-0.1, -0.05) is 42.5 Å². The molecule has 0 saturated carbocycles. The maximum atomic E-state index is 5.30. The van der Waals surface area contributed by atoms with Gasteiger partial charge in [0.15, 0.2) is 5.11 Å². The van der Waals surface area contributed by atoms with Crippen molar-refractivity contribution in [1.82, 2.24) is 10.2 Å². The number of nitrogens with zero attached hydrogens (tertiary/aromatic N) is 1. The molecule has 0 fully saturated rings. The van der Waals surface area contributed by atoms with Crippen LogP contribution in [-0.2, 0) is 6.54 Å². The molecule has 2 rings (SSSR count). The van der Waals surface area contributed by atoms with E-state index in [0.717, 1.165) is 11.7 Å². The molecule has 0 bridgehead atoms. The van der Waals surface area contributed by atoms with Crippen LogP contribution in [0.3, 0.4) is 0 Å². The monoisotopic (exact) mass is 270 g/mol. The third-order valence-electron chi connectivity index (χ3n) is 2.98. The van der Waals surface area contributed by atoms with Gasteiger partial charge in [-0.2, -0.15) is 0 Å². The van der Waals surface area contributed by atoms with Crippen LogP contribution in [0.1, 0.15) is 5.56 Å². The Morgan fingerprint density at radius 3 is 2.74 bits per heavy atom. The molecule has 1 N–H and O–H groups in total. The SMILES string of the molecule is C=CCNC(=S)N(C)Cc1ccc2ccccc2c1. The molecule has 0 aliphatic heterocycles. The van der Waals surface area contributed by atoms with Gasteiger partial charge in [-0.05, 0) is 34.6 Å². The largest absolute Gasteiger partial charge is 0.359 e. The Morgan fingerprint density at radius 1 is 1.26 bits per heavy atom. The molecule has 0 amide bonds. The molecule has 0 radical (unpaired) electrons. The van der Waals surface area contributed by atoms with E-state index >= 15 is 0 Å². The van der Waals surface area contributed by atoms with Gasteiger partial charge in [0.1, 0.15) is 0 Å². The van der Waals surface area contributed by atoms with Crippen LogP contribution >= 0.6 is 12.2 Å². The summed E-state index contributed by atoms with van der Waals surface area (Å²) in [5, 5.41) is 6.40. The zero-order valence-electron chi connectivity index (χ0n) is 11.1. The summed E-state index contributed by atoms with van der Waals surface area (Å²) in [6, 6.07) is 14.9. The maximum absolute atomic E-state index is 5.30. The number of hydrogen-bond donors (Lipinski definition) is 1. The second-order valence-electron chi connectivity index (χ2n) is 4.51. The van der Waals surface area contributed by atoms with E-state index in [9.17, 15) is 0 Å². The molecule has 0 aromatic heterocycles. The summed E-state index contributed by atoms with van der Waals surface area (Å²) in [4.78, 5) is 2.03. The van der Waals surface area contributed by atoms with Crippen molar-refractivity contribution in [2.24, 2.45) is 0 Å². The fourth-order valence-electron chi connectivity index (χ4n) is 1.98. The van der Waals surface area contributed by atoms with E-state index in [4.69, 9.17) is 12.2 Å². The number of thiocarbonyl (C=S) groups is 1. The summed E-state index contributed by atoms with van der Waals surface area (Å²) < 4.78 is 0. The Kier molecular flexibility index (Phi) is 4.53. The Labute approximate surface area is 119 Å². The van der Waals surface area contributed by atoms with E-state index in [1.54, 1.807) is 6.08 Å². The highest BCUT2D eigenvalue weighted by molar-refractivity contribution is 7.80. The Balaban J connectivity index is 2.08. The van der Waals surface area contributed by atoms with Crippen molar-refractivity contribution in [3.63, 3.8) is 0 Å². The van der Waals surface area contributed by atoms with Gasteiger partial charge in [-0.25, -0.2) is 0 Å². The molecular weight excluding hydrogens is 252 g/mol. The van der Waals surface area contributed by atoms with Crippen LogP contribution in [0.15, 0.2) is 55.1 Å². The summed E-state index contributed by atoms with van der Waals surface area (Å²) >= 11 is 5.30. The highest BCUT2D eigenvalue weighted by Crippen LogP contribution is 2.16. The minimum absolute atomic E-state index is 0.695. The van der Waals surface area contributed by atoms with Gasteiger partial charge >= 0.3 is 0 Å². The van der Waals surface area contributed by atoms with Crippen molar-refractivity contribution in [1.29, 1.82) is 0 Å². The second kappa shape index (κ2) is 6.34. The molecule has 3 heteroatoms. The summed E-state index contributed by atoms with van der Waals surface area (Å²) in [6.45, 7) is 5.16. The van der Waals surface area contributed by atoms with Gasteiger partial charge in [0.25, 0.3) is 0 Å². The first-order valence-electron chi connectivity index (χ1n) is 6.28. The van der Waals surface area contributed by atoms with Crippen molar-refractivity contribution in [2.45, 2.75) is 6.54 Å². The van der Waals surface area contributed by atoms with Crippen LogP contribution < -0.4 is 5.32 Å². The molecular formula is C16H18N2S. The normalized spacial score (nSPS) is 10.2. The maximum Gasteiger partial charge on any atom is 0.169 e. The van der Waals surface area contributed by atoms with E-state index in [1.807, 2.05) is 11.9 Å². The topological polar surface area (TPSA) is 15.3 Å². The van der Waals surface area contributed by atoms with Gasteiger partial charge in [0, 0.05) is 20.1 Å². The average Bonchev–Trinajstić information content (AvgIpc) is 2.44. The summed E-state index contributed by atoms with van der Waals surface area (Å²) in [6.07, 6.45) is 1.80. The second-order valence-corrected chi connectivity index (χ2v) is 4.90.